The van der Waals surface area contributed by atoms with Gasteiger partial charge < -0.3 is 18.0 Å². The quantitative estimate of drug-likeness (QED) is 0.183. The van der Waals surface area contributed by atoms with Gasteiger partial charge in [-0.3, -0.25) is 0 Å². The second kappa shape index (κ2) is 12.3. The lowest BCUT2D eigenvalue weighted by Gasteiger charge is -2.08. The molecule has 4 heterocycles. The molecule has 0 bridgehead atoms. The van der Waals surface area contributed by atoms with E-state index in [0.717, 1.165) is 66.4 Å². The van der Waals surface area contributed by atoms with E-state index >= 15 is 0 Å². The van der Waals surface area contributed by atoms with Crippen LogP contribution < -0.4 is 0 Å². The first-order valence-electron chi connectivity index (χ1n) is 19.1. The SMILES string of the molecule is CCC.c1ccc2c(c1)c1ccccc1n2-c1ccc2oc3ccc(-c4ccc5oc6ccc(-n7c8ccccc8c8ccccc87)cc6c5c4)cc3c2c1. The van der Waals surface area contributed by atoms with E-state index in [1.54, 1.807) is 0 Å². The Morgan fingerprint density at radius 1 is 0.327 bits per heavy atom. The summed E-state index contributed by atoms with van der Waals surface area (Å²) in [6.07, 6.45) is 1.25. The third-order valence-corrected chi connectivity index (χ3v) is 10.9. The Bertz CT molecular complexity index is 3110. The van der Waals surface area contributed by atoms with Gasteiger partial charge in [0.15, 0.2) is 0 Å². The number of hydrogen-bond donors (Lipinski definition) is 0. The number of nitrogens with zero attached hydrogens (tertiary/aromatic N) is 2. The molecule has 0 aliphatic carbocycles. The third-order valence-electron chi connectivity index (χ3n) is 10.9. The van der Waals surface area contributed by atoms with E-state index in [1.807, 2.05) is 0 Å². The van der Waals surface area contributed by atoms with Crippen LogP contribution in [0.15, 0.2) is 179 Å². The van der Waals surface area contributed by atoms with E-state index < -0.39 is 0 Å². The first kappa shape index (κ1) is 31.5. The molecule has 0 aliphatic rings. The maximum absolute atomic E-state index is 6.39. The van der Waals surface area contributed by atoms with Crippen molar-refractivity contribution in [2.24, 2.45) is 0 Å². The van der Waals surface area contributed by atoms with Crippen LogP contribution >= 0.6 is 0 Å². The van der Waals surface area contributed by atoms with E-state index in [4.69, 9.17) is 8.83 Å². The number of benzene rings is 8. The molecule has 0 amide bonds. The zero-order valence-corrected chi connectivity index (χ0v) is 30.6. The Morgan fingerprint density at radius 2 is 0.618 bits per heavy atom. The monoisotopic (exact) mass is 708 g/mol. The second-order valence-corrected chi connectivity index (χ2v) is 14.4. The fraction of sp³-hybridized carbons (Fsp3) is 0.0588. The summed E-state index contributed by atoms with van der Waals surface area (Å²) in [5.41, 5.74) is 12.8. The first-order chi connectivity index (χ1) is 27.2. The van der Waals surface area contributed by atoms with Crippen molar-refractivity contribution in [1.29, 1.82) is 0 Å². The zero-order chi connectivity index (χ0) is 36.6. The minimum absolute atomic E-state index is 0.878. The molecule has 4 heteroatoms. The van der Waals surface area contributed by atoms with Crippen LogP contribution in [0.2, 0.25) is 0 Å². The highest BCUT2D eigenvalue weighted by Crippen LogP contribution is 2.40. The summed E-state index contributed by atoms with van der Waals surface area (Å²) in [7, 11) is 0. The molecule has 262 valence electrons. The van der Waals surface area contributed by atoms with Crippen LogP contribution in [0, 0.1) is 0 Å². The third kappa shape index (κ3) is 4.78. The lowest BCUT2D eigenvalue weighted by Crippen LogP contribution is -1.93. The maximum Gasteiger partial charge on any atom is 0.135 e. The Labute approximate surface area is 317 Å². The van der Waals surface area contributed by atoms with E-state index in [2.05, 4.69) is 193 Å². The van der Waals surface area contributed by atoms with Crippen molar-refractivity contribution >= 4 is 87.5 Å². The summed E-state index contributed by atoms with van der Waals surface area (Å²) in [6.45, 7) is 4.25. The molecule has 4 nitrogen and oxygen atoms in total. The molecule has 0 N–H and O–H groups in total. The van der Waals surface area contributed by atoms with Crippen molar-refractivity contribution in [2.45, 2.75) is 20.3 Å². The number of fused-ring (bicyclic) bond motifs is 12. The van der Waals surface area contributed by atoms with Crippen molar-refractivity contribution in [3.8, 4) is 22.5 Å². The maximum atomic E-state index is 6.39. The molecule has 0 aliphatic heterocycles. The minimum atomic E-state index is 0.878. The van der Waals surface area contributed by atoms with Crippen molar-refractivity contribution in [3.63, 3.8) is 0 Å². The molecule has 0 atom stereocenters. The lowest BCUT2D eigenvalue weighted by molar-refractivity contribution is 0.668. The highest BCUT2D eigenvalue weighted by molar-refractivity contribution is 6.13. The van der Waals surface area contributed by atoms with E-state index in [1.165, 1.54) is 50.0 Å². The van der Waals surface area contributed by atoms with E-state index in [9.17, 15) is 0 Å². The summed E-state index contributed by atoms with van der Waals surface area (Å²) >= 11 is 0. The van der Waals surface area contributed by atoms with Gasteiger partial charge >= 0.3 is 0 Å². The van der Waals surface area contributed by atoms with Crippen LogP contribution in [0.4, 0.5) is 0 Å². The van der Waals surface area contributed by atoms with Gasteiger partial charge in [-0.2, -0.15) is 0 Å². The normalized spacial score (nSPS) is 11.9. The molecular weight excluding hydrogens is 673 g/mol. The topological polar surface area (TPSA) is 36.1 Å². The molecule has 8 aromatic carbocycles. The van der Waals surface area contributed by atoms with Crippen LogP contribution in [0.25, 0.3) is 110 Å². The second-order valence-electron chi connectivity index (χ2n) is 14.4. The number of para-hydroxylation sites is 4. The Morgan fingerprint density at radius 3 is 0.964 bits per heavy atom. The summed E-state index contributed by atoms with van der Waals surface area (Å²) in [5, 5.41) is 9.40. The van der Waals surface area contributed by atoms with Gasteiger partial charge in [0.05, 0.1) is 22.1 Å². The highest BCUT2D eigenvalue weighted by Gasteiger charge is 2.17. The van der Waals surface area contributed by atoms with E-state index in [-0.39, 0.29) is 0 Å². The molecule has 12 aromatic rings. The first-order valence-corrected chi connectivity index (χ1v) is 19.1. The Balaban J connectivity index is 0.00000114. The lowest BCUT2D eigenvalue weighted by atomic mass is 10.0. The number of hydrogen-bond acceptors (Lipinski definition) is 2. The van der Waals surface area contributed by atoms with Gasteiger partial charge in [0, 0.05) is 54.5 Å². The summed E-state index contributed by atoms with van der Waals surface area (Å²) in [4.78, 5) is 0. The van der Waals surface area contributed by atoms with Crippen molar-refractivity contribution < 1.29 is 8.83 Å². The predicted octanol–water partition coefficient (Wildman–Crippen LogP) is 14.8. The van der Waals surface area contributed by atoms with Gasteiger partial charge in [0.1, 0.15) is 22.3 Å². The summed E-state index contributed by atoms with van der Waals surface area (Å²) in [5.74, 6) is 0. The molecule has 0 spiro atoms. The number of rotatable bonds is 3. The molecule has 0 radical (unpaired) electrons. The van der Waals surface area contributed by atoms with Crippen LogP contribution in [0.5, 0.6) is 0 Å². The van der Waals surface area contributed by atoms with Crippen molar-refractivity contribution in [2.75, 3.05) is 0 Å². The van der Waals surface area contributed by atoms with Gasteiger partial charge in [0.25, 0.3) is 0 Å². The van der Waals surface area contributed by atoms with Crippen molar-refractivity contribution in [1.82, 2.24) is 9.13 Å². The molecule has 0 saturated carbocycles. The van der Waals surface area contributed by atoms with Crippen LogP contribution in [-0.4, -0.2) is 9.13 Å². The summed E-state index contributed by atoms with van der Waals surface area (Å²) in [6, 6.07) is 60.7. The number of aromatic nitrogens is 2. The van der Waals surface area contributed by atoms with Gasteiger partial charge in [-0.25, -0.2) is 0 Å². The van der Waals surface area contributed by atoms with Crippen LogP contribution in [-0.2, 0) is 0 Å². The van der Waals surface area contributed by atoms with E-state index in [0.29, 0.717) is 0 Å². The average molecular weight is 709 g/mol. The Hall–Kier alpha value is -7.04. The minimum Gasteiger partial charge on any atom is -0.456 e. The molecule has 12 rings (SSSR count). The molecule has 0 saturated heterocycles. The van der Waals surface area contributed by atoms with Gasteiger partial charge in [0.2, 0.25) is 0 Å². The summed E-state index contributed by atoms with van der Waals surface area (Å²) < 4.78 is 17.5. The van der Waals surface area contributed by atoms with Gasteiger partial charge in [-0.1, -0.05) is 105 Å². The van der Waals surface area contributed by atoms with Crippen LogP contribution in [0.1, 0.15) is 20.3 Å². The molecule has 4 aromatic heterocycles. The molecule has 0 unspecified atom stereocenters. The predicted molar refractivity (Wildman–Crippen MR) is 231 cm³/mol. The fourth-order valence-corrected chi connectivity index (χ4v) is 8.57. The zero-order valence-electron chi connectivity index (χ0n) is 30.6. The molecular formula is C51H36N2O2. The molecule has 55 heavy (non-hydrogen) atoms. The van der Waals surface area contributed by atoms with Crippen molar-refractivity contribution in [3.05, 3.63) is 170 Å². The van der Waals surface area contributed by atoms with Gasteiger partial charge in [-0.15, -0.1) is 0 Å². The Kier molecular flexibility index (Phi) is 7.02. The van der Waals surface area contributed by atoms with Gasteiger partial charge in [-0.05, 0) is 96.1 Å². The van der Waals surface area contributed by atoms with Crippen LogP contribution in [0.3, 0.4) is 0 Å². The smallest absolute Gasteiger partial charge is 0.135 e. The standard InChI is InChI=1S/C48H28N2O2.C3H8/c1-5-13-41-33(9-1)34-10-2-6-14-42(34)49(41)31-19-23-47-39(27-31)37-25-29(17-21-45(37)51-47)30-18-22-46-38(26-30)40-28-32(20-24-48(40)52-46)50-43-15-7-3-11-35(43)36-12-4-8-16-44(36)50;1-3-2/h1-28H;3H2,1-2H3. The molecule has 0 fully saturated rings. The number of furan rings is 2. The largest absolute Gasteiger partial charge is 0.456 e. The fourth-order valence-electron chi connectivity index (χ4n) is 8.57. The average Bonchev–Trinajstić information content (AvgIpc) is 3.98. The highest BCUT2D eigenvalue weighted by atomic mass is 16.3.